The molecule has 1 heteroatoms. The molecular formula is C23H34O. The zero-order valence-corrected chi connectivity index (χ0v) is 15.4. The lowest BCUT2D eigenvalue weighted by molar-refractivity contribution is 0.158. The van der Waals surface area contributed by atoms with Gasteiger partial charge in [-0.3, -0.25) is 0 Å². The standard InChI is InChI=1S/C23H34O/c1-24-22-4-2-3-21(16-22)23-15-19-10-9-17-5-7-18(8-6-17)11-13-20(23)14-12-19/h2-4,16-20,23H,5-15H2,1H3. The lowest BCUT2D eigenvalue weighted by atomic mass is 9.65. The third kappa shape index (κ3) is 3.65. The van der Waals surface area contributed by atoms with Crippen LogP contribution in [0.2, 0.25) is 0 Å². The van der Waals surface area contributed by atoms with Gasteiger partial charge in [0.25, 0.3) is 0 Å². The third-order valence-electron chi connectivity index (χ3n) is 7.52. The topological polar surface area (TPSA) is 9.23 Å². The van der Waals surface area contributed by atoms with Crippen molar-refractivity contribution in [1.82, 2.24) is 0 Å². The van der Waals surface area contributed by atoms with Gasteiger partial charge in [-0.25, -0.2) is 0 Å². The Morgan fingerprint density at radius 2 is 1.33 bits per heavy atom. The van der Waals surface area contributed by atoms with Crippen LogP contribution in [-0.4, -0.2) is 7.11 Å². The molecule has 0 aliphatic heterocycles. The van der Waals surface area contributed by atoms with Crippen molar-refractivity contribution in [3.63, 3.8) is 0 Å². The van der Waals surface area contributed by atoms with Gasteiger partial charge >= 0.3 is 0 Å². The van der Waals surface area contributed by atoms with E-state index in [1.807, 2.05) is 0 Å². The van der Waals surface area contributed by atoms with Crippen molar-refractivity contribution < 1.29 is 4.74 Å². The minimum atomic E-state index is 0.775. The highest BCUT2D eigenvalue weighted by Gasteiger charge is 2.34. The Labute approximate surface area is 148 Å². The van der Waals surface area contributed by atoms with Gasteiger partial charge < -0.3 is 4.74 Å². The minimum Gasteiger partial charge on any atom is -0.497 e. The fourth-order valence-electron chi connectivity index (χ4n) is 5.94. The highest BCUT2D eigenvalue weighted by atomic mass is 16.5. The summed E-state index contributed by atoms with van der Waals surface area (Å²) in [4.78, 5) is 0. The maximum atomic E-state index is 5.50. The number of rotatable bonds is 2. The Bertz CT molecular complexity index is 529. The molecule has 3 atom stereocenters. The Morgan fingerprint density at radius 1 is 0.750 bits per heavy atom. The Kier molecular flexibility index (Phi) is 5.15. The molecule has 0 heterocycles. The summed E-state index contributed by atoms with van der Waals surface area (Å²) in [6.07, 6.45) is 16.4. The molecule has 6 aliphatic rings. The molecule has 0 amide bonds. The van der Waals surface area contributed by atoms with E-state index >= 15 is 0 Å². The largest absolute Gasteiger partial charge is 0.497 e. The molecule has 1 aromatic carbocycles. The second kappa shape index (κ2) is 7.50. The molecule has 3 unspecified atom stereocenters. The first-order chi connectivity index (χ1) is 11.8. The van der Waals surface area contributed by atoms with E-state index in [9.17, 15) is 0 Å². The molecule has 7 rings (SSSR count). The third-order valence-corrected chi connectivity index (χ3v) is 7.52. The van der Waals surface area contributed by atoms with E-state index in [0.29, 0.717) is 0 Å². The number of methoxy groups -OCH3 is 1. The maximum Gasteiger partial charge on any atom is 0.119 e. The van der Waals surface area contributed by atoms with Crippen LogP contribution in [-0.2, 0) is 0 Å². The van der Waals surface area contributed by atoms with E-state index < -0.39 is 0 Å². The van der Waals surface area contributed by atoms with Crippen molar-refractivity contribution in [2.24, 2.45) is 23.7 Å². The van der Waals surface area contributed by atoms with E-state index in [-0.39, 0.29) is 0 Å². The molecule has 0 N–H and O–H groups in total. The molecule has 6 fully saturated rings. The first-order valence-electron chi connectivity index (χ1n) is 10.5. The average molecular weight is 327 g/mol. The van der Waals surface area contributed by atoms with Crippen LogP contribution in [0.5, 0.6) is 5.75 Å². The summed E-state index contributed by atoms with van der Waals surface area (Å²) in [5.41, 5.74) is 1.55. The number of hydrogen-bond acceptors (Lipinski definition) is 1. The average Bonchev–Trinajstić information content (AvgIpc) is 2.64. The molecule has 0 saturated heterocycles. The highest BCUT2D eigenvalue weighted by Crippen LogP contribution is 2.47. The molecular weight excluding hydrogens is 292 g/mol. The molecule has 0 aromatic heterocycles. The molecule has 24 heavy (non-hydrogen) atoms. The van der Waals surface area contributed by atoms with Crippen LogP contribution in [0.15, 0.2) is 24.3 Å². The monoisotopic (exact) mass is 326 g/mol. The van der Waals surface area contributed by atoms with E-state index in [1.54, 1.807) is 12.7 Å². The molecule has 0 spiro atoms. The van der Waals surface area contributed by atoms with Crippen molar-refractivity contribution in [3.05, 3.63) is 29.8 Å². The SMILES string of the molecule is COc1cccc(C2CC3CCC4CCC(CC4)CCC2CC3)c1. The smallest absolute Gasteiger partial charge is 0.119 e. The maximum absolute atomic E-state index is 5.50. The van der Waals surface area contributed by atoms with Gasteiger partial charge in [0.15, 0.2) is 0 Å². The second-order valence-corrected chi connectivity index (χ2v) is 8.86. The van der Waals surface area contributed by atoms with Gasteiger partial charge in [0.1, 0.15) is 5.75 Å². The summed E-state index contributed by atoms with van der Waals surface area (Å²) in [5.74, 6) is 5.77. The first kappa shape index (κ1) is 16.5. The van der Waals surface area contributed by atoms with E-state index in [0.717, 1.165) is 35.3 Å². The quantitative estimate of drug-likeness (QED) is 0.597. The predicted octanol–water partition coefficient (Wildman–Crippen LogP) is 6.58. The van der Waals surface area contributed by atoms with Crippen molar-refractivity contribution in [2.45, 2.75) is 76.5 Å². The molecule has 1 aromatic rings. The molecule has 4 bridgehead atoms. The Morgan fingerprint density at radius 3 is 2.00 bits per heavy atom. The van der Waals surface area contributed by atoms with Gasteiger partial charge in [-0.05, 0) is 66.5 Å². The molecule has 6 aliphatic carbocycles. The van der Waals surface area contributed by atoms with Crippen molar-refractivity contribution >= 4 is 0 Å². The minimum absolute atomic E-state index is 0.775. The van der Waals surface area contributed by atoms with Crippen LogP contribution in [0.25, 0.3) is 0 Å². The molecule has 0 radical (unpaired) electrons. The van der Waals surface area contributed by atoms with E-state index in [4.69, 9.17) is 4.74 Å². The van der Waals surface area contributed by atoms with Gasteiger partial charge in [0.05, 0.1) is 7.11 Å². The fraction of sp³-hybridized carbons (Fsp3) is 0.739. The van der Waals surface area contributed by atoms with Gasteiger partial charge in [-0.1, -0.05) is 63.5 Å². The second-order valence-electron chi connectivity index (χ2n) is 8.86. The van der Waals surface area contributed by atoms with Crippen LogP contribution in [0.3, 0.4) is 0 Å². The van der Waals surface area contributed by atoms with Gasteiger partial charge in [-0.2, -0.15) is 0 Å². The lowest BCUT2D eigenvalue weighted by Crippen LogP contribution is -2.26. The molecule has 1 nitrogen and oxygen atoms in total. The zero-order chi connectivity index (χ0) is 16.4. The van der Waals surface area contributed by atoms with Crippen LogP contribution in [0.4, 0.5) is 0 Å². The van der Waals surface area contributed by atoms with Crippen LogP contribution < -0.4 is 4.74 Å². The van der Waals surface area contributed by atoms with E-state index in [1.165, 1.54) is 70.6 Å². The van der Waals surface area contributed by atoms with E-state index in [2.05, 4.69) is 24.3 Å². The van der Waals surface area contributed by atoms with Crippen LogP contribution >= 0.6 is 0 Å². The first-order valence-corrected chi connectivity index (χ1v) is 10.5. The van der Waals surface area contributed by atoms with Gasteiger partial charge in [0, 0.05) is 0 Å². The molecule has 6 saturated carbocycles. The Hall–Kier alpha value is -0.980. The Balaban J connectivity index is 1.55. The predicted molar refractivity (Wildman–Crippen MR) is 100 cm³/mol. The summed E-state index contributed by atoms with van der Waals surface area (Å²) < 4.78 is 5.50. The van der Waals surface area contributed by atoms with Crippen LogP contribution in [0, 0.1) is 23.7 Å². The number of hydrogen-bond donors (Lipinski definition) is 0. The number of ether oxygens (including phenoxy) is 1. The van der Waals surface area contributed by atoms with Crippen molar-refractivity contribution in [1.29, 1.82) is 0 Å². The summed E-state index contributed by atoms with van der Waals surface area (Å²) in [6.45, 7) is 0. The zero-order valence-electron chi connectivity index (χ0n) is 15.4. The van der Waals surface area contributed by atoms with Gasteiger partial charge in [0.2, 0.25) is 0 Å². The summed E-state index contributed by atoms with van der Waals surface area (Å²) in [5, 5.41) is 0. The van der Waals surface area contributed by atoms with Crippen molar-refractivity contribution in [2.75, 3.05) is 7.11 Å². The summed E-state index contributed by atoms with van der Waals surface area (Å²) in [6, 6.07) is 8.97. The van der Waals surface area contributed by atoms with Crippen molar-refractivity contribution in [3.8, 4) is 5.75 Å². The number of benzene rings is 1. The normalized spacial score (nSPS) is 36.8. The lowest BCUT2D eigenvalue weighted by Gasteiger charge is -2.40. The fourth-order valence-corrected chi connectivity index (χ4v) is 5.94. The summed E-state index contributed by atoms with van der Waals surface area (Å²) in [7, 11) is 1.79. The van der Waals surface area contributed by atoms with Gasteiger partial charge in [-0.15, -0.1) is 0 Å². The summed E-state index contributed by atoms with van der Waals surface area (Å²) >= 11 is 0. The molecule has 132 valence electrons. The van der Waals surface area contributed by atoms with Crippen LogP contribution in [0.1, 0.15) is 82.1 Å². The highest BCUT2D eigenvalue weighted by molar-refractivity contribution is 5.31.